The molecule has 1 amide bonds. The quantitative estimate of drug-likeness (QED) is 0.508. The predicted octanol–water partition coefficient (Wildman–Crippen LogP) is 4.38. The van der Waals surface area contributed by atoms with Crippen molar-refractivity contribution in [2.24, 2.45) is 0 Å². The van der Waals surface area contributed by atoms with E-state index >= 15 is 0 Å². The Bertz CT molecular complexity index is 1160. The van der Waals surface area contributed by atoms with Crippen molar-refractivity contribution in [1.82, 2.24) is 9.47 Å². The van der Waals surface area contributed by atoms with E-state index in [4.69, 9.17) is 4.42 Å². The minimum atomic E-state index is -0.271. The van der Waals surface area contributed by atoms with Crippen molar-refractivity contribution < 1.29 is 13.6 Å². The first kappa shape index (κ1) is 18.5. The van der Waals surface area contributed by atoms with Crippen molar-refractivity contribution in [3.05, 3.63) is 90.1 Å². The summed E-state index contributed by atoms with van der Waals surface area (Å²) in [5.74, 6) is -0.275. The number of fused-ring (bicyclic) bond motifs is 1. The van der Waals surface area contributed by atoms with Gasteiger partial charge in [0.2, 0.25) is 0 Å². The Morgan fingerprint density at radius 3 is 2.40 bits per heavy atom. The molecule has 30 heavy (non-hydrogen) atoms. The Balaban J connectivity index is 1.37. The highest BCUT2D eigenvalue weighted by Crippen LogP contribution is 2.25. The number of piperazine rings is 1. The predicted molar refractivity (Wildman–Crippen MR) is 114 cm³/mol. The molecule has 152 valence electrons. The van der Waals surface area contributed by atoms with Crippen LogP contribution >= 0.6 is 0 Å². The molecule has 3 heterocycles. The Kier molecular flexibility index (Phi) is 4.75. The summed E-state index contributed by atoms with van der Waals surface area (Å²) >= 11 is 0. The first-order valence-corrected chi connectivity index (χ1v) is 10.1. The van der Waals surface area contributed by atoms with Crippen LogP contribution in [0.2, 0.25) is 0 Å². The van der Waals surface area contributed by atoms with Gasteiger partial charge >= 0.3 is 0 Å². The van der Waals surface area contributed by atoms with E-state index in [0.29, 0.717) is 30.9 Å². The number of nitrogens with zero attached hydrogens (tertiary/aromatic N) is 3. The summed E-state index contributed by atoms with van der Waals surface area (Å²) < 4.78 is 20.8. The van der Waals surface area contributed by atoms with E-state index in [0.717, 1.165) is 24.2 Å². The topological polar surface area (TPSA) is 41.6 Å². The molecule has 0 radical (unpaired) electrons. The lowest BCUT2D eigenvalue weighted by Crippen LogP contribution is -2.49. The highest BCUT2D eigenvalue weighted by atomic mass is 19.1. The molecular formula is C24H22FN3O2. The lowest BCUT2D eigenvalue weighted by Gasteiger charge is -2.36. The van der Waals surface area contributed by atoms with Crippen LogP contribution in [-0.2, 0) is 6.54 Å². The highest BCUT2D eigenvalue weighted by molar-refractivity contribution is 5.97. The van der Waals surface area contributed by atoms with Gasteiger partial charge < -0.3 is 18.8 Å². The Morgan fingerprint density at radius 1 is 0.933 bits per heavy atom. The second-order valence-corrected chi connectivity index (χ2v) is 7.53. The van der Waals surface area contributed by atoms with Crippen molar-refractivity contribution in [2.45, 2.75) is 6.54 Å². The number of para-hydroxylation sites is 1. The first-order valence-electron chi connectivity index (χ1n) is 10.1. The fraction of sp³-hybridized carbons (Fsp3) is 0.208. The van der Waals surface area contributed by atoms with Crippen LogP contribution in [0.4, 0.5) is 10.1 Å². The average molecular weight is 403 g/mol. The van der Waals surface area contributed by atoms with Gasteiger partial charge in [-0.05, 0) is 29.8 Å². The molecule has 2 aromatic carbocycles. The van der Waals surface area contributed by atoms with Crippen molar-refractivity contribution in [2.75, 3.05) is 31.1 Å². The molecule has 0 aliphatic carbocycles. The number of furan rings is 1. The summed E-state index contributed by atoms with van der Waals surface area (Å²) in [7, 11) is 0. The molecule has 5 rings (SSSR count). The van der Waals surface area contributed by atoms with Gasteiger partial charge in [-0.3, -0.25) is 4.79 Å². The van der Waals surface area contributed by atoms with Crippen LogP contribution in [0, 0.1) is 5.82 Å². The third-order valence-electron chi connectivity index (χ3n) is 5.68. The molecular weight excluding hydrogens is 381 g/mol. The molecule has 0 saturated carbocycles. The van der Waals surface area contributed by atoms with Gasteiger partial charge in [-0.2, -0.15) is 0 Å². The van der Waals surface area contributed by atoms with E-state index in [-0.39, 0.29) is 11.7 Å². The summed E-state index contributed by atoms with van der Waals surface area (Å²) in [6, 6.07) is 20.3. The number of hydrogen-bond acceptors (Lipinski definition) is 3. The van der Waals surface area contributed by atoms with Crippen molar-refractivity contribution in [3.63, 3.8) is 0 Å². The molecule has 0 bridgehead atoms. The normalized spacial score (nSPS) is 14.4. The monoisotopic (exact) mass is 403 g/mol. The number of carbonyl (C=O) groups is 1. The maximum atomic E-state index is 13.4. The molecule has 1 aliphatic rings. The molecule has 0 spiro atoms. The van der Waals surface area contributed by atoms with Crippen molar-refractivity contribution in [3.8, 4) is 0 Å². The Morgan fingerprint density at radius 2 is 1.67 bits per heavy atom. The van der Waals surface area contributed by atoms with Crippen molar-refractivity contribution in [1.29, 1.82) is 0 Å². The van der Waals surface area contributed by atoms with Gasteiger partial charge in [-0.25, -0.2) is 4.39 Å². The van der Waals surface area contributed by atoms with Gasteiger partial charge in [-0.1, -0.05) is 30.3 Å². The fourth-order valence-corrected chi connectivity index (χ4v) is 4.07. The number of benzene rings is 2. The van der Waals surface area contributed by atoms with Crippen LogP contribution in [0.1, 0.15) is 16.1 Å². The Labute approximate surface area is 173 Å². The molecule has 0 atom stereocenters. The lowest BCUT2D eigenvalue weighted by molar-refractivity contribution is 0.0737. The standard InChI is InChI=1S/C24H22FN3O2/c25-19-8-6-18(7-9-19)17-28-21-10-15-30-23(21)16-22(28)24(29)27-13-11-26(12-14-27)20-4-2-1-3-5-20/h1-10,15-16H,11-14,17H2. The largest absolute Gasteiger partial charge is 0.463 e. The van der Waals surface area contributed by atoms with Crippen LogP contribution in [0.3, 0.4) is 0 Å². The molecule has 1 saturated heterocycles. The average Bonchev–Trinajstić information content (AvgIpc) is 3.38. The maximum absolute atomic E-state index is 13.4. The smallest absolute Gasteiger partial charge is 0.270 e. The summed E-state index contributed by atoms with van der Waals surface area (Å²) in [6.45, 7) is 3.40. The summed E-state index contributed by atoms with van der Waals surface area (Å²) in [6.07, 6.45) is 1.62. The van der Waals surface area contributed by atoms with Crippen LogP contribution in [0.5, 0.6) is 0 Å². The van der Waals surface area contributed by atoms with Gasteiger partial charge in [0.15, 0.2) is 5.58 Å². The first-order chi connectivity index (χ1) is 14.7. The molecule has 5 nitrogen and oxygen atoms in total. The van der Waals surface area contributed by atoms with Gasteiger partial charge in [-0.15, -0.1) is 0 Å². The molecule has 4 aromatic rings. The fourth-order valence-electron chi connectivity index (χ4n) is 4.07. The summed E-state index contributed by atoms with van der Waals surface area (Å²) in [5, 5.41) is 0. The van der Waals surface area contributed by atoms with Gasteiger partial charge in [0, 0.05) is 50.5 Å². The number of carbonyl (C=O) groups excluding carboxylic acids is 1. The SMILES string of the molecule is O=C(c1cc2occc2n1Cc1ccc(F)cc1)N1CCN(c2ccccc2)CC1. The van der Waals surface area contributed by atoms with E-state index in [1.165, 1.54) is 17.8 Å². The number of hydrogen-bond donors (Lipinski definition) is 0. The van der Waals surface area contributed by atoms with E-state index in [2.05, 4.69) is 17.0 Å². The molecule has 1 fully saturated rings. The Hall–Kier alpha value is -3.54. The molecule has 0 unspecified atom stereocenters. The molecule has 6 heteroatoms. The third-order valence-corrected chi connectivity index (χ3v) is 5.68. The number of halogens is 1. The zero-order valence-electron chi connectivity index (χ0n) is 16.5. The third kappa shape index (κ3) is 3.45. The maximum Gasteiger partial charge on any atom is 0.270 e. The lowest BCUT2D eigenvalue weighted by atomic mass is 10.2. The van der Waals surface area contributed by atoms with Crippen LogP contribution < -0.4 is 4.90 Å². The second-order valence-electron chi connectivity index (χ2n) is 7.53. The van der Waals surface area contributed by atoms with E-state index < -0.39 is 0 Å². The summed E-state index contributed by atoms with van der Waals surface area (Å²) in [4.78, 5) is 17.6. The zero-order valence-corrected chi connectivity index (χ0v) is 16.5. The van der Waals surface area contributed by atoms with E-state index in [9.17, 15) is 9.18 Å². The van der Waals surface area contributed by atoms with Crippen molar-refractivity contribution >= 4 is 22.7 Å². The highest BCUT2D eigenvalue weighted by Gasteiger charge is 2.26. The van der Waals surface area contributed by atoms with E-state index in [1.807, 2.05) is 39.8 Å². The van der Waals surface area contributed by atoms with E-state index in [1.54, 1.807) is 18.4 Å². The minimum Gasteiger partial charge on any atom is -0.463 e. The second kappa shape index (κ2) is 7.71. The molecule has 0 N–H and O–H groups in total. The van der Waals surface area contributed by atoms with Crippen LogP contribution in [0.25, 0.3) is 11.1 Å². The zero-order chi connectivity index (χ0) is 20.5. The molecule has 2 aromatic heterocycles. The summed E-state index contributed by atoms with van der Waals surface area (Å²) in [5.41, 5.74) is 4.26. The minimum absolute atomic E-state index is 0.00350. The van der Waals surface area contributed by atoms with Gasteiger partial charge in [0.25, 0.3) is 5.91 Å². The molecule has 1 aliphatic heterocycles. The van der Waals surface area contributed by atoms with Crippen LogP contribution in [0.15, 0.2) is 77.4 Å². The number of rotatable bonds is 4. The van der Waals surface area contributed by atoms with Gasteiger partial charge in [0.05, 0.1) is 11.8 Å². The number of amides is 1. The number of aromatic nitrogens is 1. The number of anilines is 1. The van der Waals surface area contributed by atoms with Crippen LogP contribution in [-0.4, -0.2) is 41.6 Å². The van der Waals surface area contributed by atoms with Gasteiger partial charge in [0.1, 0.15) is 11.5 Å².